The molecule has 7 unspecified atom stereocenters. The van der Waals surface area contributed by atoms with Crippen LogP contribution in [0, 0.1) is 10.8 Å². The van der Waals surface area contributed by atoms with E-state index in [2.05, 4.69) is 24.3 Å². The summed E-state index contributed by atoms with van der Waals surface area (Å²) in [6, 6.07) is -1.70. The van der Waals surface area contributed by atoms with Gasteiger partial charge in [-0.25, -0.2) is 0 Å². The molecule has 1 amide bonds. The monoisotopic (exact) mass is 699 g/mol. The Balaban J connectivity index is 2.42. The van der Waals surface area contributed by atoms with Crippen LogP contribution >= 0.6 is 0 Å². The number of carbonyl (C=O) groups is 1. The lowest BCUT2D eigenvalue weighted by Gasteiger charge is -2.40. The van der Waals surface area contributed by atoms with Crippen molar-refractivity contribution in [3.8, 4) is 0 Å². The van der Waals surface area contributed by atoms with Crippen LogP contribution in [0.2, 0.25) is 0 Å². The Morgan fingerprint density at radius 1 is 0.735 bits per heavy atom. The molecule has 9 nitrogen and oxygen atoms in total. The summed E-state index contributed by atoms with van der Waals surface area (Å²) in [6.07, 6.45) is 28.3. The molecule has 1 aliphatic heterocycles. The lowest BCUT2D eigenvalue weighted by Crippen LogP contribution is -2.55. The summed E-state index contributed by atoms with van der Waals surface area (Å²) in [5, 5.41) is 37.3. The number of hydrogen-bond donors (Lipinski definition) is 4. The molecule has 0 aromatic heterocycles. The highest BCUT2D eigenvalue weighted by Crippen LogP contribution is 2.29. The van der Waals surface area contributed by atoms with E-state index in [0.717, 1.165) is 38.5 Å². The van der Waals surface area contributed by atoms with Crippen molar-refractivity contribution >= 4 is 5.91 Å². The van der Waals surface area contributed by atoms with E-state index in [-0.39, 0.29) is 12.5 Å². The number of rotatable bonds is 34. The second kappa shape index (κ2) is 31.6. The highest BCUT2D eigenvalue weighted by atomic mass is 16.7. The fourth-order valence-electron chi connectivity index (χ4n) is 6.97. The van der Waals surface area contributed by atoms with Gasteiger partial charge in [0.1, 0.15) is 12.1 Å². The molecule has 7 atom stereocenters. The van der Waals surface area contributed by atoms with Crippen molar-refractivity contribution in [2.24, 2.45) is 11.1 Å². The van der Waals surface area contributed by atoms with E-state index in [1.807, 2.05) is 0 Å². The maximum atomic E-state index is 13.0. The van der Waals surface area contributed by atoms with Gasteiger partial charge in [-0.3, -0.25) is 4.79 Å². The highest BCUT2D eigenvalue weighted by Gasteiger charge is 2.44. The standard InChI is InChI=1S/C40H78N2O7/c1-4-6-8-10-12-14-16-17-18-20-22-24-26-28-30-37(45)41-34(32-48-40-33(3)39(46)38(42-47)36(31-43)49-40)35(44)29-27-25-23-21-19-15-13-11-9-7-5-2/h33-36,38-40,43-44,46H,4-32H2,1-3H3,(H,41,45). The molecule has 4 N–H and O–H groups in total. The Hall–Kier alpha value is -1.13. The summed E-state index contributed by atoms with van der Waals surface area (Å²) < 4.78 is 11.8. The van der Waals surface area contributed by atoms with E-state index in [0.29, 0.717) is 12.8 Å². The van der Waals surface area contributed by atoms with E-state index in [4.69, 9.17) is 9.47 Å². The summed E-state index contributed by atoms with van der Waals surface area (Å²) in [5.74, 6) is -0.664. The molecule has 0 aromatic rings. The second-order valence-electron chi connectivity index (χ2n) is 14.9. The molecule has 1 heterocycles. The van der Waals surface area contributed by atoms with E-state index in [1.165, 1.54) is 122 Å². The molecule has 1 aliphatic rings. The van der Waals surface area contributed by atoms with Crippen LogP contribution in [0.3, 0.4) is 0 Å². The normalized spacial score (nSPS) is 22.2. The predicted octanol–water partition coefficient (Wildman–Crippen LogP) is 9.27. The SMILES string of the molecule is CCCCCCCCCCCCCCCCC(=O)NC(COC1OC(CO)C(N=O)C(O)C1C)C(O)CCCCCCCCCCCCC. The fraction of sp³-hybridized carbons (Fsp3) is 0.975. The van der Waals surface area contributed by atoms with Crippen molar-refractivity contribution in [3.63, 3.8) is 0 Å². The van der Waals surface area contributed by atoms with Gasteiger partial charge >= 0.3 is 0 Å². The predicted molar refractivity (Wildman–Crippen MR) is 200 cm³/mol. The minimum absolute atomic E-state index is 0.00272. The zero-order valence-corrected chi connectivity index (χ0v) is 32.0. The van der Waals surface area contributed by atoms with Gasteiger partial charge in [0.25, 0.3) is 0 Å². The molecule has 0 saturated carbocycles. The fourth-order valence-corrected chi connectivity index (χ4v) is 6.97. The number of nitrogens with zero attached hydrogens (tertiary/aromatic N) is 1. The maximum Gasteiger partial charge on any atom is 0.220 e. The third-order valence-electron chi connectivity index (χ3n) is 10.4. The number of ether oxygens (including phenoxy) is 2. The summed E-state index contributed by atoms with van der Waals surface area (Å²) >= 11 is 0. The van der Waals surface area contributed by atoms with Gasteiger partial charge in [-0.2, -0.15) is 4.91 Å². The maximum absolute atomic E-state index is 13.0. The largest absolute Gasteiger partial charge is 0.394 e. The van der Waals surface area contributed by atoms with E-state index in [1.54, 1.807) is 6.92 Å². The molecular weight excluding hydrogens is 620 g/mol. The van der Waals surface area contributed by atoms with Crippen LogP contribution in [0.25, 0.3) is 0 Å². The van der Waals surface area contributed by atoms with Crippen LogP contribution in [-0.2, 0) is 14.3 Å². The zero-order valence-electron chi connectivity index (χ0n) is 32.0. The second-order valence-corrected chi connectivity index (χ2v) is 14.9. The smallest absolute Gasteiger partial charge is 0.220 e. The summed E-state index contributed by atoms with van der Waals surface area (Å²) in [7, 11) is 0. The lowest BCUT2D eigenvalue weighted by molar-refractivity contribution is -0.258. The lowest BCUT2D eigenvalue weighted by atomic mass is 9.91. The molecule has 1 fully saturated rings. The molecule has 0 spiro atoms. The first kappa shape index (κ1) is 45.9. The Morgan fingerprint density at radius 2 is 1.16 bits per heavy atom. The van der Waals surface area contributed by atoms with E-state index < -0.39 is 49.2 Å². The first-order valence-electron chi connectivity index (χ1n) is 20.7. The van der Waals surface area contributed by atoms with Crippen LogP contribution in [0.4, 0.5) is 0 Å². The molecule has 1 saturated heterocycles. The molecular formula is C40H78N2O7. The number of nitrogens with one attached hydrogen (secondary N) is 1. The zero-order chi connectivity index (χ0) is 36.0. The minimum atomic E-state index is -1.12. The van der Waals surface area contributed by atoms with Gasteiger partial charge in [0.2, 0.25) is 5.91 Å². The number of unbranched alkanes of at least 4 members (excludes halogenated alkanes) is 23. The van der Waals surface area contributed by atoms with Crippen LogP contribution in [0.15, 0.2) is 5.18 Å². The summed E-state index contributed by atoms with van der Waals surface area (Å²) in [4.78, 5) is 24.2. The molecule has 1 rings (SSSR count). The third kappa shape index (κ3) is 22.4. The molecule has 0 aliphatic carbocycles. The van der Waals surface area contributed by atoms with E-state index >= 15 is 0 Å². The number of aliphatic hydroxyl groups is 3. The molecule has 49 heavy (non-hydrogen) atoms. The molecule has 9 heteroatoms. The average molecular weight is 699 g/mol. The van der Waals surface area contributed by atoms with Gasteiger partial charge in [-0.1, -0.05) is 180 Å². The van der Waals surface area contributed by atoms with Crippen LogP contribution in [0.1, 0.15) is 194 Å². The minimum Gasteiger partial charge on any atom is -0.394 e. The van der Waals surface area contributed by atoms with Crippen molar-refractivity contribution in [1.82, 2.24) is 5.32 Å². The topological polar surface area (TPSA) is 138 Å². The molecule has 0 radical (unpaired) electrons. The van der Waals surface area contributed by atoms with Crippen molar-refractivity contribution < 1.29 is 29.6 Å². The summed E-state index contributed by atoms with van der Waals surface area (Å²) in [5.41, 5.74) is 0. The van der Waals surface area contributed by atoms with Crippen LogP contribution < -0.4 is 5.32 Å². The first-order valence-corrected chi connectivity index (χ1v) is 20.7. The number of hydrogen-bond acceptors (Lipinski definition) is 8. The Labute approximate surface area is 300 Å². The van der Waals surface area contributed by atoms with E-state index in [9.17, 15) is 25.0 Å². The molecule has 290 valence electrons. The van der Waals surface area contributed by atoms with Gasteiger partial charge in [0.15, 0.2) is 6.29 Å². The van der Waals surface area contributed by atoms with Crippen molar-refractivity contribution in [1.29, 1.82) is 0 Å². The van der Waals surface area contributed by atoms with Gasteiger partial charge in [-0.05, 0) is 12.8 Å². The van der Waals surface area contributed by atoms with Crippen LogP contribution in [-0.4, -0.2) is 71.1 Å². The number of amides is 1. The number of nitroso groups, excluding NO2 is 1. The Bertz CT molecular complexity index is 771. The number of carbonyl (C=O) groups excluding carboxylic acids is 1. The number of aliphatic hydroxyl groups excluding tert-OH is 3. The van der Waals surface area contributed by atoms with Crippen LogP contribution in [0.5, 0.6) is 0 Å². The average Bonchev–Trinajstić information content (AvgIpc) is 3.10. The quantitative estimate of drug-likeness (QED) is 0.0388. The van der Waals surface area contributed by atoms with Gasteiger partial charge in [-0.15, -0.1) is 0 Å². The highest BCUT2D eigenvalue weighted by molar-refractivity contribution is 5.76. The van der Waals surface area contributed by atoms with Gasteiger partial charge in [0, 0.05) is 12.3 Å². The summed E-state index contributed by atoms with van der Waals surface area (Å²) in [6.45, 7) is 5.74. The van der Waals surface area contributed by atoms with Gasteiger partial charge < -0.3 is 30.1 Å². The molecule has 0 bridgehead atoms. The van der Waals surface area contributed by atoms with Crippen molar-refractivity contribution in [3.05, 3.63) is 4.91 Å². The first-order chi connectivity index (χ1) is 23.9. The van der Waals surface area contributed by atoms with Crippen molar-refractivity contribution in [2.75, 3.05) is 13.2 Å². The van der Waals surface area contributed by atoms with Crippen molar-refractivity contribution in [2.45, 2.75) is 231 Å². The Kier molecular flexibility index (Phi) is 29.6. The Morgan fingerprint density at radius 3 is 1.59 bits per heavy atom. The van der Waals surface area contributed by atoms with Gasteiger partial charge in [0.05, 0.1) is 31.5 Å². The third-order valence-corrected chi connectivity index (χ3v) is 10.4. The molecule has 0 aromatic carbocycles.